The maximum atomic E-state index is 11.8. The molecule has 3 aromatic heterocycles. The highest BCUT2D eigenvalue weighted by Gasteiger charge is 2.20. The smallest absolute Gasteiger partial charge is 0.136 e. The summed E-state index contributed by atoms with van der Waals surface area (Å²) in [4.78, 5) is 103. The second-order valence-electron chi connectivity index (χ2n) is 16.5. The Morgan fingerprint density at radius 2 is 0.529 bits per heavy atom. The van der Waals surface area contributed by atoms with E-state index in [9.17, 15) is 57.4 Å². The number of benzene rings is 4. The van der Waals surface area contributed by atoms with Gasteiger partial charge in [0.25, 0.3) is 0 Å². The van der Waals surface area contributed by atoms with Crippen LogP contribution in [-0.4, -0.2) is 39.5 Å². The second-order valence-corrected chi connectivity index (χ2v) is 22.8. The van der Waals surface area contributed by atoms with Gasteiger partial charge in [-0.3, -0.25) is 0 Å². The quantitative estimate of drug-likeness (QED) is 0.0646. The lowest BCUT2D eigenvalue weighted by atomic mass is 10.0. The standard InChI is InChI=1S/C48H42N4O12P4/c53-65(54,55)25-29-1-9-33(10-2-29)45-37-17-19-39(49-37)46(34-11-3-30(4-12-34)26-66(56,57)58)41-21-23-43(51-41)48(36-15-7-32(8-16-36)28-68(62,63)64)44-24-22-42(52-44)47(40-20-18-38(45)50-40)35-13-5-31(6-14-35)27-67(59,60)61/h1-24,49,52H,25-28H2,(H2,53,54,55)(H2,56,57,58)(H2,59,60,61)(H2,62,63,64)/p-4. The minimum absolute atomic E-state index is 0.361. The number of nitrogens with one attached hydrogen (secondary N) is 2. The first-order valence-corrected chi connectivity index (χ1v) is 27.8. The number of aromatic nitrogens is 4. The Balaban J connectivity index is 1.37. The molecule has 346 valence electrons. The highest BCUT2D eigenvalue weighted by Crippen LogP contribution is 2.42. The number of rotatable bonds is 12. The van der Waals surface area contributed by atoms with Gasteiger partial charge in [0.05, 0.1) is 22.8 Å². The van der Waals surface area contributed by atoms with Crippen LogP contribution in [0, 0.1) is 0 Å². The van der Waals surface area contributed by atoms with Crippen LogP contribution in [0.15, 0.2) is 121 Å². The monoisotopic (exact) mass is 986 g/mol. The second kappa shape index (κ2) is 18.2. The molecule has 0 amide bonds. The molecule has 0 saturated heterocycles. The van der Waals surface area contributed by atoms with Gasteiger partial charge in [-0.1, -0.05) is 97.1 Å². The molecule has 0 aliphatic carbocycles. The van der Waals surface area contributed by atoms with Crippen molar-refractivity contribution in [1.82, 2.24) is 19.9 Å². The Morgan fingerprint density at radius 1 is 0.338 bits per heavy atom. The fraction of sp³-hybridized carbons (Fsp3) is 0.0833. The number of H-pyrrole nitrogens is 2. The molecule has 4 aromatic carbocycles. The van der Waals surface area contributed by atoms with E-state index in [4.69, 9.17) is 9.97 Å². The molecule has 6 N–H and O–H groups in total. The molecule has 4 unspecified atom stereocenters. The highest BCUT2D eigenvalue weighted by atomic mass is 31.2. The molecule has 9 rings (SSSR count). The van der Waals surface area contributed by atoms with Gasteiger partial charge in [0.2, 0.25) is 0 Å². The van der Waals surface area contributed by atoms with Crippen LogP contribution in [0.1, 0.15) is 45.0 Å². The first kappa shape index (κ1) is 47.2. The molecule has 16 nitrogen and oxygen atoms in total. The maximum absolute atomic E-state index is 11.8. The lowest BCUT2D eigenvalue weighted by molar-refractivity contribution is -0.195. The van der Waals surface area contributed by atoms with Crippen molar-refractivity contribution in [2.24, 2.45) is 0 Å². The number of hydrogen-bond donors (Lipinski definition) is 6. The van der Waals surface area contributed by atoms with Gasteiger partial charge < -0.3 is 67.4 Å². The molecule has 7 aromatic rings. The summed E-state index contributed by atoms with van der Waals surface area (Å²) < 4.78 is 47.2. The predicted molar refractivity (Wildman–Crippen MR) is 255 cm³/mol. The summed E-state index contributed by atoms with van der Waals surface area (Å²) in [5.74, 6) is 0. The van der Waals surface area contributed by atoms with E-state index < -0.39 is 55.0 Å². The van der Waals surface area contributed by atoms with Crippen LogP contribution < -0.4 is 19.6 Å². The van der Waals surface area contributed by atoms with E-state index in [1.807, 2.05) is 48.6 Å². The largest absolute Gasteiger partial charge is 0.778 e. The fourth-order valence-electron chi connectivity index (χ4n) is 8.45. The third-order valence-corrected chi connectivity index (χ3v) is 14.3. The maximum Gasteiger partial charge on any atom is 0.136 e. The zero-order valence-electron chi connectivity index (χ0n) is 35.4. The van der Waals surface area contributed by atoms with Crippen LogP contribution in [0.3, 0.4) is 0 Å². The van der Waals surface area contributed by atoms with Crippen molar-refractivity contribution in [1.29, 1.82) is 0 Å². The summed E-state index contributed by atoms with van der Waals surface area (Å²) in [5, 5.41) is 0. The van der Waals surface area contributed by atoms with E-state index in [0.29, 0.717) is 112 Å². The van der Waals surface area contributed by atoms with Crippen molar-refractivity contribution in [2.75, 3.05) is 0 Å². The molecule has 4 atom stereocenters. The first-order chi connectivity index (χ1) is 32.1. The summed E-state index contributed by atoms with van der Waals surface area (Å²) in [5.41, 5.74) is 10.8. The summed E-state index contributed by atoms with van der Waals surface area (Å²) in [6.45, 7) is 0. The summed E-state index contributed by atoms with van der Waals surface area (Å²) in [6, 6.07) is 34.0. The SMILES string of the molecule is O=P([O-])(O)Cc1ccc(-c2c3nc(c(-c4ccc(CP(=O)([O-])O)cc4)c4ccc([nH]4)c(-c4ccc(CP(=O)([O-])O)cc4)c4nc(c(-c5ccc(CP(=O)([O-])O)cc5)c5ccc2[nH]5)C=C4)C=C3)cc1. The third-order valence-electron chi connectivity index (χ3n) is 11.3. The van der Waals surface area contributed by atoms with Gasteiger partial charge in [-0.05, 0) is 93.1 Å². The fourth-order valence-corrected chi connectivity index (χ4v) is 11.1. The summed E-state index contributed by atoms with van der Waals surface area (Å²) in [7, 11) is -18.5. The normalized spacial score (nSPS) is 15.9. The van der Waals surface area contributed by atoms with E-state index >= 15 is 0 Å². The number of nitrogens with zero attached hydrogens (tertiary/aromatic N) is 2. The van der Waals surface area contributed by atoms with Crippen molar-refractivity contribution in [3.05, 3.63) is 166 Å². The lowest BCUT2D eigenvalue weighted by Crippen LogP contribution is -2.01. The first-order valence-electron chi connectivity index (χ1n) is 20.8. The van der Waals surface area contributed by atoms with Crippen molar-refractivity contribution in [3.8, 4) is 44.5 Å². The van der Waals surface area contributed by atoms with E-state index in [1.54, 1.807) is 97.1 Å². The average molecular weight is 987 g/mol. The van der Waals surface area contributed by atoms with Crippen LogP contribution in [0.2, 0.25) is 0 Å². The third kappa shape index (κ3) is 11.0. The Labute approximate surface area is 388 Å². The van der Waals surface area contributed by atoms with Crippen LogP contribution >= 0.6 is 30.4 Å². The topological polar surface area (TPSA) is 299 Å². The summed E-state index contributed by atoms with van der Waals surface area (Å²) in [6.07, 6.45) is 5.03. The van der Waals surface area contributed by atoms with E-state index in [0.717, 1.165) is 0 Å². The minimum atomic E-state index is -4.63. The van der Waals surface area contributed by atoms with Gasteiger partial charge in [-0.25, -0.2) is 9.97 Å². The number of aromatic amines is 2. The number of fused-ring (bicyclic) bond motifs is 8. The molecular formula is C48H38N4O12P4-4. The molecule has 0 radical (unpaired) electrons. The van der Waals surface area contributed by atoms with Gasteiger partial charge in [-0.2, -0.15) is 0 Å². The Morgan fingerprint density at radius 3 is 0.706 bits per heavy atom. The van der Waals surface area contributed by atoms with Crippen molar-refractivity contribution >= 4 is 76.8 Å². The van der Waals surface area contributed by atoms with Gasteiger partial charge in [0, 0.05) is 69.0 Å². The molecule has 2 aliphatic heterocycles. The molecular weight excluding hydrogens is 948 g/mol. The Bertz CT molecular complexity index is 3090. The molecule has 20 heteroatoms. The van der Waals surface area contributed by atoms with Gasteiger partial charge in [0.15, 0.2) is 0 Å². The molecule has 0 fully saturated rings. The summed E-state index contributed by atoms with van der Waals surface area (Å²) >= 11 is 0. The van der Waals surface area contributed by atoms with Crippen LogP contribution in [-0.2, 0) is 42.9 Å². The number of hydrogen-bond acceptors (Lipinski definition) is 10. The Hall–Kier alpha value is -5.92. The zero-order valence-corrected chi connectivity index (χ0v) is 39.0. The van der Waals surface area contributed by atoms with Gasteiger partial charge in [0.1, 0.15) is 30.4 Å². The molecule has 0 spiro atoms. The molecule has 8 bridgehead atoms. The van der Waals surface area contributed by atoms with E-state index in [2.05, 4.69) is 9.97 Å². The minimum Gasteiger partial charge on any atom is -0.778 e. The van der Waals surface area contributed by atoms with Crippen molar-refractivity contribution in [2.45, 2.75) is 24.6 Å². The van der Waals surface area contributed by atoms with Gasteiger partial charge >= 0.3 is 0 Å². The molecule has 68 heavy (non-hydrogen) atoms. The van der Waals surface area contributed by atoms with Crippen LogP contribution in [0.5, 0.6) is 0 Å². The Kier molecular flexibility index (Phi) is 12.6. The molecule has 0 saturated carbocycles. The lowest BCUT2D eigenvalue weighted by Gasteiger charge is -2.15. The average Bonchev–Trinajstić information content (AvgIpc) is 4.09. The van der Waals surface area contributed by atoms with Gasteiger partial charge in [-0.15, -0.1) is 0 Å². The van der Waals surface area contributed by atoms with Crippen molar-refractivity contribution in [3.63, 3.8) is 0 Å². The van der Waals surface area contributed by atoms with Crippen LogP contribution in [0.25, 0.3) is 90.9 Å². The molecule has 5 heterocycles. The molecule has 2 aliphatic rings. The zero-order chi connectivity index (χ0) is 48.2. The van der Waals surface area contributed by atoms with Crippen molar-refractivity contribution < 1.29 is 57.4 Å². The highest BCUT2D eigenvalue weighted by molar-refractivity contribution is 7.50. The predicted octanol–water partition coefficient (Wildman–Crippen LogP) is 7.51. The van der Waals surface area contributed by atoms with Crippen LogP contribution in [0.4, 0.5) is 0 Å². The van der Waals surface area contributed by atoms with E-state index in [-0.39, 0.29) is 0 Å². The van der Waals surface area contributed by atoms with E-state index in [1.165, 1.54) is 0 Å².